The molecule has 2 aromatic heterocycles. The van der Waals surface area contributed by atoms with Crippen LogP contribution in [0.3, 0.4) is 0 Å². The number of pyridine rings is 1. The number of aliphatic carboxylic acids is 1. The predicted molar refractivity (Wildman–Crippen MR) is 141 cm³/mol. The predicted octanol–water partition coefficient (Wildman–Crippen LogP) is 4.49. The van der Waals surface area contributed by atoms with E-state index >= 15 is 0 Å². The second-order valence-corrected chi connectivity index (χ2v) is 11.4. The molecule has 4 rings (SSSR count). The van der Waals surface area contributed by atoms with Crippen molar-refractivity contribution in [3.63, 3.8) is 0 Å². The lowest BCUT2D eigenvalue weighted by molar-refractivity contribution is -0.137. The molecule has 0 aliphatic heterocycles. The van der Waals surface area contributed by atoms with Crippen molar-refractivity contribution in [2.75, 3.05) is 13.6 Å². The minimum Gasteiger partial charge on any atom is -0.481 e. The number of benzene rings is 1. The zero-order valence-corrected chi connectivity index (χ0v) is 22.0. The molecule has 0 unspecified atom stereocenters. The number of furan rings is 1. The quantitative estimate of drug-likeness (QED) is 0.278. The van der Waals surface area contributed by atoms with Gasteiger partial charge in [0.1, 0.15) is 11.5 Å². The Bertz CT molecular complexity index is 1390. The third-order valence-corrected chi connectivity index (χ3v) is 7.84. The smallest absolute Gasteiger partial charge is 0.303 e. The lowest BCUT2D eigenvalue weighted by Crippen LogP contribution is -2.27. The maximum absolute atomic E-state index is 12.9. The maximum atomic E-state index is 12.9. The molecule has 0 atom stereocenters. The fourth-order valence-electron chi connectivity index (χ4n) is 4.41. The Kier molecular flexibility index (Phi) is 8.29. The fraction of sp³-hybridized carbons (Fsp3) is 0.444. The fourth-order valence-corrected chi connectivity index (χ4v) is 5.56. The first kappa shape index (κ1) is 26.8. The number of carboxylic acid groups (broad SMARTS) is 1. The number of rotatable bonds is 13. The molecule has 1 fully saturated rings. The number of carbonyl (C=O) groups is 2. The first-order chi connectivity index (χ1) is 17.7. The largest absolute Gasteiger partial charge is 0.481 e. The third-order valence-electron chi connectivity index (χ3n) is 6.55. The van der Waals surface area contributed by atoms with E-state index in [1.54, 1.807) is 7.05 Å². The first-order valence-corrected chi connectivity index (χ1v) is 14.3. The summed E-state index contributed by atoms with van der Waals surface area (Å²) in [7, 11) is -2.08. The Morgan fingerprint density at radius 1 is 1.11 bits per heavy atom. The van der Waals surface area contributed by atoms with Crippen molar-refractivity contribution in [2.45, 2.75) is 63.5 Å². The summed E-state index contributed by atoms with van der Waals surface area (Å²) in [6.07, 6.45) is 4.74. The summed E-state index contributed by atoms with van der Waals surface area (Å²) in [5, 5.41) is 12.0. The van der Waals surface area contributed by atoms with E-state index in [9.17, 15) is 18.0 Å². The number of unbranched alkanes of at least 4 members (excludes halogenated alkanes) is 3. The minimum absolute atomic E-state index is 0.129. The van der Waals surface area contributed by atoms with Gasteiger partial charge in [0, 0.05) is 25.6 Å². The van der Waals surface area contributed by atoms with Crippen molar-refractivity contribution < 1.29 is 27.5 Å². The van der Waals surface area contributed by atoms with E-state index in [2.05, 4.69) is 15.0 Å². The zero-order chi connectivity index (χ0) is 26.6. The third kappa shape index (κ3) is 6.75. The molecule has 10 heteroatoms. The first-order valence-electron chi connectivity index (χ1n) is 12.6. The highest BCUT2D eigenvalue weighted by Crippen LogP contribution is 2.44. The van der Waals surface area contributed by atoms with Gasteiger partial charge in [-0.25, -0.2) is 18.1 Å². The summed E-state index contributed by atoms with van der Waals surface area (Å²) in [5.74, 6) is -0.759. The second kappa shape index (κ2) is 11.4. The molecule has 0 saturated heterocycles. The van der Waals surface area contributed by atoms with Crippen LogP contribution < -0.4 is 10.0 Å². The van der Waals surface area contributed by atoms with E-state index in [-0.39, 0.29) is 36.3 Å². The van der Waals surface area contributed by atoms with Crippen molar-refractivity contribution in [3.05, 3.63) is 52.7 Å². The van der Waals surface area contributed by atoms with Crippen LogP contribution in [0.15, 0.2) is 34.7 Å². The SMILES string of the molecule is CNC(=O)c1c(-c2ccc(C)cc2)oc2nc(CS(=O)(=O)NCCCCCCC(=O)O)c(C3CC3)cc12. The Labute approximate surface area is 216 Å². The number of nitrogens with one attached hydrogen (secondary N) is 2. The topological polar surface area (TPSA) is 139 Å². The van der Waals surface area contributed by atoms with Gasteiger partial charge in [0.25, 0.3) is 5.91 Å². The molecule has 2 heterocycles. The summed E-state index contributed by atoms with van der Waals surface area (Å²) < 4.78 is 34.5. The van der Waals surface area contributed by atoms with Crippen LogP contribution in [-0.4, -0.2) is 44.0 Å². The van der Waals surface area contributed by atoms with Crippen LogP contribution in [0.1, 0.15) is 78.0 Å². The second-order valence-electron chi connectivity index (χ2n) is 9.61. The van der Waals surface area contributed by atoms with Gasteiger partial charge < -0.3 is 14.8 Å². The van der Waals surface area contributed by atoms with E-state index in [1.807, 2.05) is 37.3 Å². The standard InChI is InChI=1S/C27H33N3O6S/c1-17-8-10-19(11-9-17)25-24(26(33)28-2)21-15-20(18-12-13-18)22(30-27(21)36-25)16-37(34,35)29-14-6-4-3-5-7-23(31)32/h8-11,15,18,29H,3-7,12-14,16H2,1-2H3,(H,28,33)(H,31,32). The van der Waals surface area contributed by atoms with E-state index < -0.39 is 16.0 Å². The molecule has 198 valence electrons. The van der Waals surface area contributed by atoms with Crippen molar-refractivity contribution in [1.29, 1.82) is 0 Å². The number of sulfonamides is 1. The number of aryl methyl sites for hydroxylation is 1. The number of hydrogen-bond donors (Lipinski definition) is 3. The minimum atomic E-state index is -3.65. The highest BCUT2D eigenvalue weighted by atomic mass is 32.2. The van der Waals surface area contributed by atoms with Gasteiger partial charge in [0.2, 0.25) is 15.7 Å². The van der Waals surface area contributed by atoms with Crippen molar-refractivity contribution in [2.24, 2.45) is 0 Å². The number of hydrogen-bond acceptors (Lipinski definition) is 6. The van der Waals surface area contributed by atoms with Crippen LogP contribution in [0, 0.1) is 6.92 Å². The van der Waals surface area contributed by atoms with Gasteiger partial charge in [-0.1, -0.05) is 42.7 Å². The molecule has 1 aliphatic carbocycles. The number of carbonyl (C=O) groups excluding carboxylic acids is 1. The summed E-state index contributed by atoms with van der Waals surface area (Å²) in [4.78, 5) is 28.1. The Balaban J connectivity index is 1.58. The normalized spacial score (nSPS) is 13.7. The Morgan fingerprint density at radius 2 is 1.81 bits per heavy atom. The van der Waals surface area contributed by atoms with Gasteiger partial charge in [-0.15, -0.1) is 0 Å². The van der Waals surface area contributed by atoms with Gasteiger partial charge in [-0.2, -0.15) is 0 Å². The summed E-state index contributed by atoms with van der Waals surface area (Å²) in [6, 6.07) is 9.53. The molecule has 1 amide bonds. The number of nitrogens with zero attached hydrogens (tertiary/aromatic N) is 1. The van der Waals surface area contributed by atoms with Crippen LogP contribution in [0.2, 0.25) is 0 Å². The summed E-state index contributed by atoms with van der Waals surface area (Å²) in [6.45, 7) is 2.27. The molecular formula is C27H33N3O6S. The van der Waals surface area contributed by atoms with E-state index in [0.29, 0.717) is 35.2 Å². The number of amides is 1. The lowest BCUT2D eigenvalue weighted by Gasteiger charge is -2.10. The molecule has 1 aromatic carbocycles. The maximum Gasteiger partial charge on any atom is 0.303 e. The molecular weight excluding hydrogens is 494 g/mol. The molecule has 0 bridgehead atoms. The monoisotopic (exact) mass is 527 g/mol. The summed E-state index contributed by atoms with van der Waals surface area (Å²) in [5.41, 5.74) is 3.74. The highest BCUT2D eigenvalue weighted by molar-refractivity contribution is 7.88. The molecule has 1 aliphatic rings. The molecule has 1 saturated carbocycles. The number of fused-ring (bicyclic) bond motifs is 1. The van der Waals surface area contributed by atoms with Crippen LogP contribution in [-0.2, 0) is 20.6 Å². The van der Waals surface area contributed by atoms with E-state index in [4.69, 9.17) is 9.52 Å². The van der Waals surface area contributed by atoms with Crippen molar-refractivity contribution in [3.8, 4) is 11.3 Å². The molecule has 0 spiro atoms. The molecule has 37 heavy (non-hydrogen) atoms. The van der Waals surface area contributed by atoms with Crippen LogP contribution in [0.5, 0.6) is 0 Å². The van der Waals surface area contributed by atoms with Gasteiger partial charge >= 0.3 is 5.97 Å². The molecule has 3 N–H and O–H groups in total. The lowest BCUT2D eigenvalue weighted by atomic mass is 10.0. The van der Waals surface area contributed by atoms with Crippen LogP contribution >= 0.6 is 0 Å². The number of carboxylic acids is 1. The van der Waals surface area contributed by atoms with Crippen LogP contribution in [0.4, 0.5) is 0 Å². The summed E-state index contributed by atoms with van der Waals surface area (Å²) >= 11 is 0. The van der Waals surface area contributed by atoms with E-state index in [0.717, 1.165) is 42.4 Å². The average Bonchev–Trinajstić information content (AvgIpc) is 3.63. The Morgan fingerprint density at radius 3 is 2.46 bits per heavy atom. The molecule has 3 aromatic rings. The van der Waals surface area contributed by atoms with E-state index in [1.165, 1.54) is 0 Å². The molecule has 0 radical (unpaired) electrons. The number of aromatic nitrogens is 1. The average molecular weight is 528 g/mol. The van der Waals surface area contributed by atoms with Gasteiger partial charge in [0.15, 0.2) is 0 Å². The molecule has 9 nitrogen and oxygen atoms in total. The van der Waals surface area contributed by atoms with Gasteiger partial charge in [-0.05, 0) is 50.2 Å². The van der Waals surface area contributed by atoms with Gasteiger partial charge in [-0.3, -0.25) is 9.59 Å². The van der Waals surface area contributed by atoms with Crippen LogP contribution in [0.25, 0.3) is 22.4 Å². The highest BCUT2D eigenvalue weighted by Gasteiger charge is 2.31. The Hall–Kier alpha value is -3.24. The van der Waals surface area contributed by atoms with Crippen molar-refractivity contribution >= 4 is 33.0 Å². The van der Waals surface area contributed by atoms with Gasteiger partial charge in [0.05, 0.1) is 16.6 Å². The van der Waals surface area contributed by atoms with Crippen molar-refractivity contribution in [1.82, 2.24) is 15.0 Å². The zero-order valence-electron chi connectivity index (χ0n) is 21.2.